The maximum absolute atomic E-state index is 12.6. The predicted molar refractivity (Wildman–Crippen MR) is 96.8 cm³/mol. The zero-order chi connectivity index (χ0) is 17.8. The van der Waals surface area contributed by atoms with Gasteiger partial charge in [0.05, 0.1) is 11.6 Å². The van der Waals surface area contributed by atoms with E-state index in [0.717, 1.165) is 16.7 Å². The van der Waals surface area contributed by atoms with Gasteiger partial charge >= 0.3 is 0 Å². The van der Waals surface area contributed by atoms with Crippen molar-refractivity contribution in [3.63, 3.8) is 0 Å². The van der Waals surface area contributed by atoms with Gasteiger partial charge in [-0.2, -0.15) is 0 Å². The van der Waals surface area contributed by atoms with Crippen molar-refractivity contribution in [2.45, 2.75) is 13.0 Å². The van der Waals surface area contributed by atoms with E-state index >= 15 is 0 Å². The minimum Gasteiger partial charge on any atom is -0.341 e. The molecule has 2 heterocycles. The quantitative estimate of drug-likeness (QED) is 0.756. The van der Waals surface area contributed by atoms with E-state index < -0.39 is 5.56 Å². The van der Waals surface area contributed by atoms with Crippen molar-refractivity contribution >= 4 is 17.5 Å². The van der Waals surface area contributed by atoms with Crippen LogP contribution >= 0.6 is 11.6 Å². The van der Waals surface area contributed by atoms with Crippen LogP contribution < -0.4 is 10.9 Å². The Balaban J connectivity index is 1.94. The molecular formula is C19H16ClN3O2. The lowest BCUT2D eigenvalue weighted by Crippen LogP contribution is -2.30. The van der Waals surface area contributed by atoms with Crippen LogP contribution in [0.3, 0.4) is 0 Å². The molecule has 2 aromatic heterocycles. The molecule has 25 heavy (non-hydrogen) atoms. The molecule has 0 spiro atoms. The molecule has 1 aromatic carbocycles. The van der Waals surface area contributed by atoms with Crippen molar-refractivity contribution < 1.29 is 4.79 Å². The van der Waals surface area contributed by atoms with Crippen molar-refractivity contribution in [1.29, 1.82) is 0 Å². The summed E-state index contributed by atoms with van der Waals surface area (Å²) in [6, 6.07) is 12.6. The van der Waals surface area contributed by atoms with E-state index in [1.54, 1.807) is 12.4 Å². The summed E-state index contributed by atoms with van der Waals surface area (Å²) in [7, 11) is 0. The van der Waals surface area contributed by atoms with Crippen molar-refractivity contribution in [1.82, 2.24) is 15.3 Å². The van der Waals surface area contributed by atoms with E-state index in [1.807, 2.05) is 43.3 Å². The summed E-state index contributed by atoms with van der Waals surface area (Å²) in [5.74, 6) is -0.333. The van der Waals surface area contributed by atoms with Gasteiger partial charge in [-0.1, -0.05) is 41.4 Å². The lowest BCUT2D eigenvalue weighted by molar-refractivity contribution is 0.0942. The third kappa shape index (κ3) is 3.95. The number of carbonyl (C=O) groups is 1. The van der Waals surface area contributed by atoms with Gasteiger partial charge in [-0.25, -0.2) is 0 Å². The second-order valence-corrected chi connectivity index (χ2v) is 6.07. The Morgan fingerprint density at radius 1 is 1.12 bits per heavy atom. The molecule has 6 heteroatoms. The number of amides is 1. The van der Waals surface area contributed by atoms with Crippen LogP contribution in [0.25, 0.3) is 0 Å². The van der Waals surface area contributed by atoms with Crippen LogP contribution in [0, 0.1) is 6.92 Å². The molecule has 5 nitrogen and oxygen atoms in total. The van der Waals surface area contributed by atoms with Gasteiger partial charge < -0.3 is 10.3 Å². The van der Waals surface area contributed by atoms with E-state index in [1.165, 1.54) is 12.3 Å². The highest BCUT2D eigenvalue weighted by atomic mass is 35.5. The summed E-state index contributed by atoms with van der Waals surface area (Å²) in [6.45, 7) is 2.01. The van der Waals surface area contributed by atoms with E-state index in [2.05, 4.69) is 15.3 Å². The Morgan fingerprint density at radius 2 is 1.76 bits per heavy atom. The van der Waals surface area contributed by atoms with Crippen LogP contribution in [0.2, 0.25) is 5.02 Å². The van der Waals surface area contributed by atoms with Crippen LogP contribution in [0.5, 0.6) is 0 Å². The summed E-state index contributed by atoms with van der Waals surface area (Å²) in [6.07, 6.45) is 4.71. The van der Waals surface area contributed by atoms with Crippen molar-refractivity contribution in [2.24, 2.45) is 0 Å². The molecule has 0 fully saturated rings. The lowest BCUT2D eigenvalue weighted by Gasteiger charge is -2.20. The number of halogens is 1. The fraction of sp³-hybridized carbons (Fsp3) is 0.105. The number of H-pyrrole nitrogens is 1. The Bertz CT molecular complexity index is 937. The standard InChI is InChI=1S/C19H16ClN3O2/c1-12-2-4-13(5-3-12)17(14-6-8-21-9-7-14)23-18(24)15-10-16(20)19(25)22-11-15/h2-11,17H,1H3,(H,22,25)(H,23,24)/t17-/m0/s1. The summed E-state index contributed by atoms with van der Waals surface area (Å²) in [5, 5.41) is 2.96. The lowest BCUT2D eigenvalue weighted by atomic mass is 9.98. The highest BCUT2D eigenvalue weighted by molar-refractivity contribution is 6.30. The maximum Gasteiger partial charge on any atom is 0.266 e. The van der Waals surface area contributed by atoms with Crippen molar-refractivity contribution in [2.75, 3.05) is 0 Å². The first-order valence-corrected chi connectivity index (χ1v) is 8.08. The average Bonchev–Trinajstić information content (AvgIpc) is 2.63. The normalized spacial score (nSPS) is 11.8. The smallest absolute Gasteiger partial charge is 0.266 e. The minimum absolute atomic E-state index is 0.0246. The molecule has 126 valence electrons. The van der Waals surface area contributed by atoms with Gasteiger partial charge in [-0.05, 0) is 36.2 Å². The number of carbonyl (C=O) groups excluding carboxylic acids is 1. The molecule has 2 N–H and O–H groups in total. The van der Waals surface area contributed by atoms with Crippen molar-refractivity contribution in [3.05, 3.63) is 98.7 Å². The Morgan fingerprint density at radius 3 is 2.40 bits per heavy atom. The molecule has 0 aliphatic carbocycles. The first kappa shape index (κ1) is 16.9. The summed E-state index contributed by atoms with van der Waals surface area (Å²) in [4.78, 5) is 30.5. The van der Waals surface area contributed by atoms with Gasteiger partial charge in [-0.15, -0.1) is 0 Å². The molecule has 3 aromatic rings. The third-order valence-electron chi connectivity index (χ3n) is 3.85. The number of nitrogens with zero attached hydrogens (tertiary/aromatic N) is 1. The largest absolute Gasteiger partial charge is 0.341 e. The number of aromatic amines is 1. The molecule has 0 aliphatic heterocycles. The van der Waals surface area contributed by atoms with Crippen LogP contribution in [0.1, 0.15) is 33.1 Å². The fourth-order valence-electron chi connectivity index (χ4n) is 2.48. The number of hydrogen-bond donors (Lipinski definition) is 2. The average molecular weight is 354 g/mol. The van der Waals surface area contributed by atoms with Crippen LogP contribution in [-0.2, 0) is 0 Å². The zero-order valence-corrected chi connectivity index (χ0v) is 14.2. The van der Waals surface area contributed by atoms with E-state index in [0.29, 0.717) is 0 Å². The maximum atomic E-state index is 12.6. The molecule has 3 rings (SSSR count). The fourth-order valence-corrected chi connectivity index (χ4v) is 2.65. The van der Waals surface area contributed by atoms with E-state index in [-0.39, 0.29) is 22.5 Å². The Labute approximate surface area is 149 Å². The van der Waals surface area contributed by atoms with Crippen LogP contribution in [0.4, 0.5) is 0 Å². The molecule has 1 atom stereocenters. The monoisotopic (exact) mass is 353 g/mol. The number of hydrogen-bond acceptors (Lipinski definition) is 3. The molecule has 0 saturated carbocycles. The van der Waals surface area contributed by atoms with Crippen LogP contribution in [-0.4, -0.2) is 15.9 Å². The molecular weight excluding hydrogens is 338 g/mol. The zero-order valence-electron chi connectivity index (χ0n) is 13.5. The molecule has 0 unspecified atom stereocenters. The number of aromatic nitrogens is 2. The predicted octanol–water partition coefficient (Wildman–Crippen LogP) is 3.25. The van der Waals surface area contributed by atoms with Gasteiger partial charge in [0.1, 0.15) is 5.02 Å². The van der Waals surface area contributed by atoms with Gasteiger partial charge in [-0.3, -0.25) is 14.6 Å². The second kappa shape index (κ2) is 7.32. The number of pyridine rings is 2. The summed E-state index contributed by atoms with van der Waals surface area (Å²) < 4.78 is 0. The van der Waals surface area contributed by atoms with Gasteiger partial charge in [0, 0.05) is 18.6 Å². The molecule has 0 radical (unpaired) electrons. The SMILES string of the molecule is Cc1ccc([C@H](NC(=O)c2c[nH]c(=O)c(Cl)c2)c2ccncc2)cc1. The van der Waals surface area contributed by atoms with Gasteiger partial charge in [0.25, 0.3) is 11.5 Å². The number of aryl methyl sites for hydroxylation is 1. The minimum atomic E-state index is -0.428. The number of nitrogens with one attached hydrogen (secondary N) is 2. The molecule has 0 aliphatic rings. The molecule has 1 amide bonds. The molecule has 0 saturated heterocycles. The first-order chi connectivity index (χ1) is 12.0. The first-order valence-electron chi connectivity index (χ1n) is 7.70. The topological polar surface area (TPSA) is 74.8 Å². The van der Waals surface area contributed by atoms with E-state index in [4.69, 9.17) is 11.6 Å². The Kier molecular flexibility index (Phi) is 4.95. The Hall–Kier alpha value is -2.92. The number of rotatable bonds is 4. The van der Waals surface area contributed by atoms with Gasteiger partial charge in [0.2, 0.25) is 0 Å². The number of benzene rings is 1. The van der Waals surface area contributed by atoms with E-state index in [9.17, 15) is 9.59 Å². The highest BCUT2D eigenvalue weighted by Gasteiger charge is 2.18. The summed E-state index contributed by atoms with van der Waals surface area (Å²) in [5.41, 5.74) is 2.84. The highest BCUT2D eigenvalue weighted by Crippen LogP contribution is 2.22. The second-order valence-electron chi connectivity index (χ2n) is 5.66. The van der Waals surface area contributed by atoms with Crippen molar-refractivity contribution in [3.8, 4) is 0 Å². The van der Waals surface area contributed by atoms with Crippen LogP contribution in [0.15, 0.2) is 65.8 Å². The summed E-state index contributed by atoms with van der Waals surface area (Å²) >= 11 is 5.81. The van der Waals surface area contributed by atoms with Gasteiger partial charge in [0.15, 0.2) is 0 Å². The third-order valence-corrected chi connectivity index (χ3v) is 4.13. The molecule has 0 bridgehead atoms.